The Kier molecular flexibility index (Phi) is 7.50. The fourth-order valence-electron chi connectivity index (χ4n) is 2.74. The maximum Gasteiger partial charge on any atom is 0.224 e. The van der Waals surface area contributed by atoms with Crippen LogP contribution in [0.5, 0.6) is 0 Å². The van der Waals surface area contributed by atoms with E-state index in [2.05, 4.69) is 4.98 Å². The Bertz CT molecular complexity index is 824. The summed E-state index contributed by atoms with van der Waals surface area (Å²) >= 11 is 0. The van der Waals surface area contributed by atoms with E-state index >= 15 is 0 Å². The number of hydrogen-bond donors (Lipinski definition) is 0. The molecule has 0 N–H and O–H groups in total. The van der Waals surface area contributed by atoms with Crippen LogP contribution >= 0.6 is 0 Å². The topological polar surface area (TPSA) is 70.6 Å². The molecule has 0 saturated heterocycles. The van der Waals surface area contributed by atoms with E-state index in [1.807, 2.05) is 50.2 Å². The van der Waals surface area contributed by atoms with Gasteiger partial charge in [0.2, 0.25) is 15.9 Å². The van der Waals surface area contributed by atoms with Gasteiger partial charge in [0.1, 0.15) is 0 Å². The zero-order valence-electron chi connectivity index (χ0n) is 16.1. The highest BCUT2D eigenvalue weighted by Crippen LogP contribution is 2.12. The van der Waals surface area contributed by atoms with Crippen molar-refractivity contribution < 1.29 is 13.2 Å². The minimum absolute atomic E-state index is 0.0279. The molecule has 2 rings (SSSR count). The molecule has 7 heteroatoms. The first-order valence-electron chi connectivity index (χ1n) is 8.96. The molecule has 0 aliphatic carbocycles. The molecule has 1 amide bonds. The molecule has 1 aromatic heterocycles. The van der Waals surface area contributed by atoms with Crippen molar-refractivity contribution in [2.24, 2.45) is 0 Å². The SMILES string of the molecule is CC(C)N(Cc1ccccc1)C(=O)CCN(Cc1ccccn1)S(C)(=O)=O. The summed E-state index contributed by atoms with van der Waals surface area (Å²) in [7, 11) is -3.44. The van der Waals surface area contributed by atoms with Gasteiger partial charge in [-0.2, -0.15) is 4.31 Å². The monoisotopic (exact) mass is 389 g/mol. The van der Waals surface area contributed by atoms with Gasteiger partial charge in [-0.15, -0.1) is 0 Å². The van der Waals surface area contributed by atoms with Gasteiger partial charge in [-0.3, -0.25) is 9.78 Å². The molecular formula is C20H27N3O3S. The van der Waals surface area contributed by atoms with E-state index in [1.165, 1.54) is 4.31 Å². The maximum atomic E-state index is 12.8. The molecule has 0 saturated carbocycles. The Hall–Kier alpha value is -2.25. The van der Waals surface area contributed by atoms with Crippen molar-refractivity contribution in [2.45, 2.75) is 39.4 Å². The smallest absolute Gasteiger partial charge is 0.224 e. The Labute approximate surface area is 161 Å². The number of sulfonamides is 1. The molecule has 0 spiro atoms. The molecule has 6 nitrogen and oxygen atoms in total. The zero-order valence-corrected chi connectivity index (χ0v) is 16.9. The van der Waals surface area contributed by atoms with E-state index in [0.29, 0.717) is 12.2 Å². The largest absolute Gasteiger partial charge is 0.336 e. The maximum absolute atomic E-state index is 12.8. The summed E-state index contributed by atoms with van der Waals surface area (Å²) in [5.74, 6) is -0.0662. The van der Waals surface area contributed by atoms with Crippen LogP contribution in [0.1, 0.15) is 31.5 Å². The number of carbonyl (C=O) groups is 1. The number of carbonyl (C=O) groups excluding carboxylic acids is 1. The van der Waals surface area contributed by atoms with Crippen molar-refractivity contribution in [1.29, 1.82) is 0 Å². The molecule has 2 aromatic rings. The molecule has 0 fully saturated rings. The highest BCUT2D eigenvalue weighted by atomic mass is 32.2. The predicted octanol–water partition coefficient (Wildman–Crippen LogP) is 2.67. The van der Waals surface area contributed by atoms with E-state index in [1.54, 1.807) is 23.2 Å². The Morgan fingerprint density at radius 1 is 1.04 bits per heavy atom. The van der Waals surface area contributed by atoms with Crippen LogP contribution in [-0.2, 0) is 27.9 Å². The lowest BCUT2D eigenvalue weighted by Gasteiger charge is -2.28. The Morgan fingerprint density at radius 2 is 1.70 bits per heavy atom. The number of rotatable bonds is 9. The molecule has 0 aliphatic rings. The van der Waals surface area contributed by atoms with Crippen LogP contribution in [0.25, 0.3) is 0 Å². The summed E-state index contributed by atoms with van der Waals surface area (Å²) in [6.07, 6.45) is 2.91. The summed E-state index contributed by atoms with van der Waals surface area (Å²) in [5.41, 5.74) is 1.70. The fraction of sp³-hybridized carbons (Fsp3) is 0.400. The number of pyridine rings is 1. The van der Waals surface area contributed by atoms with Gasteiger partial charge in [0, 0.05) is 31.7 Å². The average Bonchev–Trinajstić information content (AvgIpc) is 2.63. The Balaban J connectivity index is 2.04. The minimum atomic E-state index is -3.44. The van der Waals surface area contributed by atoms with Gasteiger partial charge in [-0.05, 0) is 31.5 Å². The fourth-order valence-corrected chi connectivity index (χ4v) is 3.53. The molecule has 1 heterocycles. The summed E-state index contributed by atoms with van der Waals surface area (Å²) < 4.78 is 25.5. The molecule has 146 valence electrons. The van der Waals surface area contributed by atoms with Crippen molar-refractivity contribution in [1.82, 2.24) is 14.2 Å². The molecule has 27 heavy (non-hydrogen) atoms. The van der Waals surface area contributed by atoms with Gasteiger partial charge in [0.05, 0.1) is 18.5 Å². The second-order valence-electron chi connectivity index (χ2n) is 6.77. The van der Waals surface area contributed by atoms with Crippen molar-refractivity contribution in [3.63, 3.8) is 0 Å². The van der Waals surface area contributed by atoms with Gasteiger partial charge in [0.25, 0.3) is 0 Å². The lowest BCUT2D eigenvalue weighted by molar-refractivity contribution is -0.133. The second-order valence-corrected chi connectivity index (χ2v) is 8.75. The average molecular weight is 390 g/mol. The lowest BCUT2D eigenvalue weighted by atomic mass is 10.1. The first-order chi connectivity index (χ1) is 12.8. The molecule has 0 radical (unpaired) electrons. The van der Waals surface area contributed by atoms with Gasteiger partial charge >= 0.3 is 0 Å². The van der Waals surface area contributed by atoms with E-state index in [0.717, 1.165) is 11.8 Å². The second kappa shape index (κ2) is 9.62. The molecule has 0 bridgehead atoms. The van der Waals surface area contributed by atoms with E-state index in [4.69, 9.17) is 0 Å². The number of aromatic nitrogens is 1. The van der Waals surface area contributed by atoms with Crippen LogP contribution in [0.15, 0.2) is 54.7 Å². The van der Waals surface area contributed by atoms with Crippen LogP contribution in [0, 0.1) is 0 Å². The first-order valence-corrected chi connectivity index (χ1v) is 10.8. The number of benzene rings is 1. The molecular weight excluding hydrogens is 362 g/mol. The standard InChI is InChI=1S/C20H27N3O3S/c1-17(2)23(15-18-9-5-4-6-10-18)20(24)12-14-22(27(3,25)26)16-19-11-7-8-13-21-19/h4-11,13,17H,12,14-16H2,1-3H3. The van der Waals surface area contributed by atoms with Crippen LogP contribution in [0.2, 0.25) is 0 Å². The van der Waals surface area contributed by atoms with Gasteiger partial charge in [-0.1, -0.05) is 36.4 Å². The van der Waals surface area contributed by atoms with E-state index < -0.39 is 10.0 Å². The molecule has 1 aromatic carbocycles. The molecule has 0 unspecified atom stereocenters. The summed E-state index contributed by atoms with van der Waals surface area (Å²) in [4.78, 5) is 18.7. The van der Waals surface area contributed by atoms with Gasteiger partial charge < -0.3 is 4.90 Å². The van der Waals surface area contributed by atoms with Crippen molar-refractivity contribution in [3.05, 3.63) is 66.0 Å². The van der Waals surface area contributed by atoms with Crippen LogP contribution in [0.3, 0.4) is 0 Å². The predicted molar refractivity (Wildman–Crippen MR) is 106 cm³/mol. The number of hydrogen-bond acceptors (Lipinski definition) is 4. The summed E-state index contributed by atoms with van der Waals surface area (Å²) in [6.45, 7) is 4.72. The summed E-state index contributed by atoms with van der Waals surface area (Å²) in [5, 5.41) is 0. The quantitative estimate of drug-likeness (QED) is 0.661. The molecule has 0 atom stereocenters. The molecule has 0 aliphatic heterocycles. The highest BCUT2D eigenvalue weighted by Gasteiger charge is 2.22. The first kappa shape index (κ1) is 21.1. The number of nitrogens with zero attached hydrogens (tertiary/aromatic N) is 3. The van der Waals surface area contributed by atoms with Crippen LogP contribution < -0.4 is 0 Å². The summed E-state index contributed by atoms with van der Waals surface area (Å²) in [6, 6.07) is 15.2. The lowest BCUT2D eigenvalue weighted by Crippen LogP contribution is -2.39. The highest BCUT2D eigenvalue weighted by molar-refractivity contribution is 7.88. The van der Waals surface area contributed by atoms with Crippen LogP contribution in [-0.4, -0.2) is 47.4 Å². The van der Waals surface area contributed by atoms with E-state index in [-0.39, 0.29) is 31.5 Å². The van der Waals surface area contributed by atoms with Crippen molar-refractivity contribution >= 4 is 15.9 Å². The zero-order chi connectivity index (χ0) is 19.9. The van der Waals surface area contributed by atoms with Gasteiger partial charge in [0.15, 0.2) is 0 Å². The third-order valence-electron chi connectivity index (χ3n) is 4.25. The third-order valence-corrected chi connectivity index (χ3v) is 5.50. The minimum Gasteiger partial charge on any atom is -0.336 e. The van der Waals surface area contributed by atoms with E-state index in [9.17, 15) is 13.2 Å². The normalized spacial score (nSPS) is 11.7. The van der Waals surface area contributed by atoms with Crippen molar-refractivity contribution in [2.75, 3.05) is 12.8 Å². The van der Waals surface area contributed by atoms with Gasteiger partial charge in [-0.25, -0.2) is 8.42 Å². The van der Waals surface area contributed by atoms with Crippen molar-refractivity contribution in [3.8, 4) is 0 Å². The van der Waals surface area contributed by atoms with Crippen LogP contribution in [0.4, 0.5) is 0 Å². The third kappa shape index (κ3) is 6.77. The number of amides is 1. The Morgan fingerprint density at radius 3 is 2.26 bits per heavy atom.